The number of imidazole rings is 1. The van der Waals surface area contributed by atoms with Gasteiger partial charge in [0.05, 0.1) is 18.5 Å². The van der Waals surface area contributed by atoms with Crippen molar-refractivity contribution in [2.45, 2.75) is 6.54 Å². The van der Waals surface area contributed by atoms with Gasteiger partial charge in [-0.2, -0.15) is 0 Å². The summed E-state index contributed by atoms with van der Waals surface area (Å²) in [6.07, 6.45) is 4.87. The smallest absolute Gasteiger partial charge is 0.258 e. The molecule has 1 N–H and O–H groups in total. The predicted molar refractivity (Wildman–Crippen MR) is 102 cm³/mol. The number of pyridine rings is 1. The number of amides is 1. The van der Waals surface area contributed by atoms with Crippen LogP contribution in [0.5, 0.6) is 5.88 Å². The summed E-state index contributed by atoms with van der Waals surface area (Å²) < 4.78 is 12.1. The highest BCUT2D eigenvalue weighted by molar-refractivity contribution is 6.30. The Morgan fingerprint density at radius 3 is 2.85 bits per heavy atom. The Hall–Kier alpha value is -2.90. The Morgan fingerprint density at radius 1 is 1.22 bits per heavy atom. The van der Waals surface area contributed by atoms with Gasteiger partial charge in [-0.05, 0) is 23.8 Å². The molecule has 1 aromatic carbocycles. The van der Waals surface area contributed by atoms with Crippen molar-refractivity contribution in [1.29, 1.82) is 0 Å². The highest BCUT2D eigenvalue weighted by Gasteiger charge is 2.09. The Kier molecular flexibility index (Phi) is 6.40. The van der Waals surface area contributed by atoms with Gasteiger partial charge in [0, 0.05) is 37.1 Å². The molecule has 3 rings (SSSR count). The molecule has 0 saturated heterocycles. The molecule has 1 amide bonds. The van der Waals surface area contributed by atoms with Crippen LogP contribution >= 0.6 is 11.6 Å². The van der Waals surface area contributed by atoms with E-state index >= 15 is 0 Å². The Bertz CT molecular complexity index is 896. The van der Waals surface area contributed by atoms with Crippen molar-refractivity contribution in [3.05, 3.63) is 71.3 Å². The first-order chi connectivity index (χ1) is 13.1. The summed E-state index contributed by atoms with van der Waals surface area (Å²) in [6.45, 7) is 1.49. The summed E-state index contributed by atoms with van der Waals surface area (Å²) >= 11 is 6.00. The number of hydrogen-bond donors (Lipinski definition) is 1. The number of rotatable bonds is 8. The van der Waals surface area contributed by atoms with E-state index in [1.54, 1.807) is 31.8 Å². The second kappa shape index (κ2) is 9.16. The van der Waals surface area contributed by atoms with Crippen LogP contribution in [0.4, 0.5) is 5.82 Å². The summed E-state index contributed by atoms with van der Waals surface area (Å²) in [4.78, 5) is 20.6. The van der Waals surface area contributed by atoms with Gasteiger partial charge < -0.3 is 19.4 Å². The fourth-order valence-corrected chi connectivity index (χ4v) is 2.59. The molecular weight excluding hydrogens is 368 g/mol. The minimum absolute atomic E-state index is 0.293. The maximum Gasteiger partial charge on any atom is 0.258 e. The maximum absolute atomic E-state index is 12.3. The number of methoxy groups -OCH3 is 1. The van der Waals surface area contributed by atoms with Gasteiger partial charge in [0.15, 0.2) is 5.82 Å². The molecule has 0 saturated carbocycles. The average Bonchev–Trinajstić information content (AvgIpc) is 3.09. The lowest BCUT2D eigenvalue weighted by atomic mass is 10.2. The van der Waals surface area contributed by atoms with Crippen molar-refractivity contribution in [3.63, 3.8) is 0 Å². The van der Waals surface area contributed by atoms with Crippen LogP contribution in [0.1, 0.15) is 15.9 Å². The lowest BCUT2D eigenvalue weighted by Crippen LogP contribution is -2.13. The SMILES string of the molecule is COCCOc1ccc(C(=O)Nc2cn(Cc3cccc(Cl)c3)cn2)cn1. The molecule has 0 spiro atoms. The number of benzene rings is 1. The van der Waals surface area contributed by atoms with E-state index in [0.29, 0.717) is 42.0 Å². The highest BCUT2D eigenvalue weighted by Crippen LogP contribution is 2.14. The van der Waals surface area contributed by atoms with Crippen molar-refractivity contribution < 1.29 is 14.3 Å². The van der Waals surface area contributed by atoms with E-state index in [4.69, 9.17) is 21.1 Å². The van der Waals surface area contributed by atoms with E-state index in [1.807, 2.05) is 28.8 Å². The van der Waals surface area contributed by atoms with Crippen LogP contribution in [0.25, 0.3) is 0 Å². The van der Waals surface area contributed by atoms with Crippen LogP contribution in [0, 0.1) is 0 Å². The molecule has 0 aliphatic rings. The minimum atomic E-state index is -0.293. The monoisotopic (exact) mass is 386 g/mol. The third-order valence-corrected chi connectivity index (χ3v) is 3.90. The number of aromatic nitrogens is 3. The molecule has 27 heavy (non-hydrogen) atoms. The Balaban J connectivity index is 1.57. The van der Waals surface area contributed by atoms with E-state index in [2.05, 4.69) is 15.3 Å². The third kappa shape index (κ3) is 5.54. The molecular formula is C19H19ClN4O3. The zero-order valence-electron chi connectivity index (χ0n) is 14.8. The first-order valence-electron chi connectivity index (χ1n) is 8.29. The molecule has 0 fully saturated rings. The van der Waals surface area contributed by atoms with E-state index < -0.39 is 0 Å². The Morgan fingerprint density at radius 2 is 2.11 bits per heavy atom. The fraction of sp³-hybridized carbons (Fsp3) is 0.211. The number of nitrogens with one attached hydrogen (secondary N) is 1. The normalized spacial score (nSPS) is 10.6. The van der Waals surface area contributed by atoms with Crippen LogP contribution in [0.3, 0.4) is 0 Å². The van der Waals surface area contributed by atoms with Gasteiger partial charge in [0.25, 0.3) is 5.91 Å². The molecule has 0 aliphatic heterocycles. The summed E-state index contributed by atoms with van der Waals surface area (Å²) in [6, 6.07) is 10.9. The largest absolute Gasteiger partial charge is 0.475 e. The minimum Gasteiger partial charge on any atom is -0.475 e. The highest BCUT2D eigenvalue weighted by atomic mass is 35.5. The molecule has 0 bridgehead atoms. The number of ether oxygens (including phenoxy) is 2. The second-order valence-corrected chi connectivity index (χ2v) is 6.18. The number of nitrogens with zero attached hydrogens (tertiary/aromatic N) is 3. The first-order valence-corrected chi connectivity index (χ1v) is 8.67. The van der Waals surface area contributed by atoms with Crippen molar-refractivity contribution >= 4 is 23.3 Å². The van der Waals surface area contributed by atoms with Crippen LogP contribution in [0.15, 0.2) is 55.1 Å². The summed E-state index contributed by atoms with van der Waals surface area (Å²) in [5, 5.41) is 3.43. The van der Waals surface area contributed by atoms with Gasteiger partial charge in [0.1, 0.15) is 6.61 Å². The molecule has 0 aliphatic carbocycles. The van der Waals surface area contributed by atoms with Gasteiger partial charge >= 0.3 is 0 Å². The molecule has 8 heteroatoms. The van der Waals surface area contributed by atoms with E-state index in [9.17, 15) is 4.79 Å². The summed E-state index contributed by atoms with van der Waals surface area (Å²) in [5.74, 6) is 0.607. The molecule has 0 atom stereocenters. The molecule has 7 nitrogen and oxygen atoms in total. The topological polar surface area (TPSA) is 78.3 Å². The van der Waals surface area contributed by atoms with Crippen LogP contribution in [-0.2, 0) is 11.3 Å². The first kappa shape index (κ1) is 18.9. The van der Waals surface area contributed by atoms with Gasteiger partial charge in [-0.25, -0.2) is 9.97 Å². The van der Waals surface area contributed by atoms with E-state index in [-0.39, 0.29) is 5.91 Å². The molecule has 0 radical (unpaired) electrons. The number of halogens is 1. The summed E-state index contributed by atoms with van der Waals surface area (Å²) in [5.41, 5.74) is 1.46. The van der Waals surface area contributed by atoms with Crippen molar-refractivity contribution in [2.24, 2.45) is 0 Å². The van der Waals surface area contributed by atoms with Gasteiger partial charge in [-0.15, -0.1) is 0 Å². The standard InChI is InChI=1S/C19H19ClN4O3/c1-26-7-8-27-18-6-5-15(10-21-18)19(25)23-17-12-24(13-22-17)11-14-3-2-4-16(20)9-14/h2-6,9-10,12-13H,7-8,11H2,1H3,(H,23,25). The quantitative estimate of drug-likeness (QED) is 0.601. The van der Waals surface area contributed by atoms with Crippen molar-refractivity contribution in [1.82, 2.24) is 14.5 Å². The van der Waals surface area contributed by atoms with Crippen LogP contribution < -0.4 is 10.1 Å². The van der Waals surface area contributed by atoms with Gasteiger partial charge in [-0.3, -0.25) is 4.79 Å². The fourth-order valence-electron chi connectivity index (χ4n) is 2.38. The number of carbonyl (C=O) groups is 1. The zero-order valence-corrected chi connectivity index (χ0v) is 15.5. The summed E-state index contributed by atoms with van der Waals surface area (Å²) in [7, 11) is 1.60. The van der Waals surface area contributed by atoms with Crippen molar-refractivity contribution in [3.8, 4) is 5.88 Å². The maximum atomic E-state index is 12.3. The van der Waals surface area contributed by atoms with E-state index in [0.717, 1.165) is 5.56 Å². The van der Waals surface area contributed by atoms with Crippen LogP contribution in [0.2, 0.25) is 5.02 Å². The predicted octanol–water partition coefficient (Wildman–Crippen LogP) is 3.26. The lowest BCUT2D eigenvalue weighted by Gasteiger charge is -2.05. The number of anilines is 1. The molecule has 0 unspecified atom stereocenters. The van der Waals surface area contributed by atoms with Gasteiger partial charge in [0.2, 0.25) is 5.88 Å². The molecule has 3 aromatic rings. The lowest BCUT2D eigenvalue weighted by molar-refractivity contribution is 0.102. The molecule has 2 aromatic heterocycles. The Labute approximate surface area is 161 Å². The van der Waals surface area contributed by atoms with Crippen molar-refractivity contribution in [2.75, 3.05) is 25.6 Å². The molecule has 2 heterocycles. The average molecular weight is 387 g/mol. The third-order valence-electron chi connectivity index (χ3n) is 3.66. The molecule has 140 valence electrons. The number of hydrogen-bond acceptors (Lipinski definition) is 5. The second-order valence-electron chi connectivity index (χ2n) is 5.74. The number of carbonyl (C=O) groups excluding carboxylic acids is 1. The van der Waals surface area contributed by atoms with Crippen LogP contribution in [-0.4, -0.2) is 40.8 Å². The van der Waals surface area contributed by atoms with E-state index in [1.165, 1.54) is 6.20 Å². The van der Waals surface area contributed by atoms with Gasteiger partial charge in [-0.1, -0.05) is 23.7 Å². The zero-order chi connectivity index (χ0) is 19.1.